The molecule has 0 spiro atoms. The Kier molecular flexibility index (Phi) is 8.21. The van der Waals surface area contributed by atoms with Crippen LogP contribution in [-0.2, 0) is 15.7 Å². The van der Waals surface area contributed by atoms with Crippen LogP contribution in [-0.4, -0.2) is 89.8 Å². The van der Waals surface area contributed by atoms with Gasteiger partial charge in [-0.05, 0) is 48.7 Å². The van der Waals surface area contributed by atoms with Crippen LogP contribution in [0, 0.1) is 0 Å². The number of piperazine rings is 1. The first kappa shape index (κ1) is 33.7. The Morgan fingerprint density at radius 1 is 1.12 bits per heavy atom. The highest BCUT2D eigenvalue weighted by Crippen LogP contribution is 2.42. The smallest absolute Gasteiger partial charge is 0.416 e. The maximum Gasteiger partial charge on any atom is 0.416 e. The van der Waals surface area contributed by atoms with Crippen LogP contribution in [0.3, 0.4) is 0 Å². The minimum absolute atomic E-state index is 0.00536. The molecule has 3 aliphatic heterocycles. The average Bonchev–Trinajstić information content (AvgIpc) is 3.87. The second-order valence-electron chi connectivity index (χ2n) is 12.9. The van der Waals surface area contributed by atoms with E-state index in [4.69, 9.17) is 21.3 Å². The van der Waals surface area contributed by atoms with Gasteiger partial charge in [0.25, 0.3) is 11.5 Å². The predicted octanol–water partition coefficient (Wildman–Crippen LogP) is 4.37. The monoisotopic (exact) mass is 737 g/mol. The highest BCUT2D eigenvalue weighted by atomic mass is 35.5. The van der Waals surface area contributed by atoms with Crippen molar-refractivity contribution in [3.8, 4) is 5.75 Å². The summed E-state index contributed by atoms with van der Waals surface area (Å²) in [6.07, 6.45) is 1.14. The molecule has 0 radical (unpaired) electrons. The van der Waals surface area contributed by atoms with Crippen LogP contribution in [0.15, 0.2) is 53.6 Å². The molecule has 0 bridgehead atoms. The molecule has 2 atom stereocenters. The molecule has 270 valence electrons. The number of ether oxygens (including phenoxy) is 1. The van der Waals surface area contributed by atoms with Gasteiger partial charge in [0.05, 0.1) is 35.2 Å². The van der Waals surface area contributed by atoms with E-state index in [1.165, 1.54) is 21.2 Å². The van der Waals surface area contributed by atoms with E-state index in [2.05, 4.69) is 15.4 Å². The van der Waals surface area contributed by atoms with E-state index in [0.29, 0.717) is 42.5 Å². The van der Waals surface area contributed by atoms with Crippen molar-refractivity contribution in [1.82, 2.24) is 33.4 Å². The van der Waals surface area contributed by atoms with Crippen molar-refractivity contribution in [1.29, 1.82) is 0 Å². The van der Waals surface area contributed by atoms with Gasteiger partial charge in [0.15, 0.2) is 11.5 Å². The lowest BCUT2D eigenvalue weighted by Gasteiger charge is -2.37. The Labute approximate surface area is 297 Å². The summed E-state index contributed by atoms with van der Waals surface area (Å²) in [7, 11) is 0. The number of hydrogen-bond donors (Lipinski definition) is 2. The number of amides is 2. The minimum Gasteiger partial charge on any atom is -0.506 e. The molecule has 0 aliphatic carbocycles. The molecule has 7 heterocycles. The van der Waals surface area contributed by atoms with Crippen molar-refractivity contribution in [2.24, 2.45) is 0 Å². The highest BCUT2D eigenvalue weighted by Gasteiger charge is 2.41. The number of carbonyl (C=O) groups excluding carboxylic acids is 2. The summed E-state index contributed by atoms with van der Waals surface area (Å²) in [6, 6.07) is 4.81. The number of hydrogen-bond acceptors (Lipinski definition) is 9. The fourth-order valence-corrected chi connectivity index (χ4v) is 7.46. The third-order valence-electron chi connectivity index (χ3n) is 9.79. The zero-order chi connectivity index (χ0) is 36.5. The normalized spacial score (nSPS) is 19.3. The number of alkyl halides is 3. The van der Waals surface area contributed by atoms with Crippen molar-refractivity contribution in [3.63, 3.8) is 0 Å². The largest absolute Gasteiger partial charge is 0.506 e. The molecule has 3 aliphatic rings. The maximum atomic E-state index is 14.4. The number of imidazole rings is 1. The van der Waals surface area contributed by atoms with Crippen molar-refractivity contribution in [2.45, 2.75) is 37.9 Å². The Bertz CT molecular complexity index is 2360. The summed E-state index contributed by atoms with van der Waals surface area (Å²) in [5.41, 5.74) is 0.862. The highest BCUT2D eigenvalue weighted by molar-refractivity contribution is 6.33. The zero-order valence-electron chi connectivity index (χ0n) is 27.6. The van der Waals surface area contributed by atoms with E-state index >= 15 is 0 Å². The van der Waals surface area contributed by atoms with Gasteiger partial charge in [0.1, 0.15) is 23.1 Å². The number of nitrogens with one attached hydrogen (secondary N) is 1. The van der Waals surface area contributed by atoms with E-state index in [-0.39, 0.29) is 66.4 Å². The van der Waals surface area contributed by atoms with Gasteiger partial charge < -0.3 is 25.0 Å². The lowest BCUT2D eigenvalue weighted by molar-refractivity contribution is -0.137. The fourth-order valence-electron chi connectivity index (χ4n) is 7.23. The second kappa shape index (κ2) is 12.7. The first-order valence-corrected chi connectivity index (χ1v) is 17.0. The summed E-state index contributed by atoms with van der Waals surface area (Å²) in [5, 5.41) is 17.6. The molecule has 14 nitrogen and oxygen atoms in total. The number of carbonyl (C=O) groups is 2. The van der Waals surface area contributed by atoms with Crippen molar-refractivity contribution >= 4 is 51.8 Å². The van der Waals surface area contributed by atoms with E-state index < -0.39 is 35.2 Å². The molecule has 52 heavy (non-hydrogen) atoms. The van der Waals surface area contributed by atoms with Crippen LogP contribution in [0.1, 0.15) is 59.3 Å². The lowest BCUT2D eigenvalue weighted by atomic mass is 10.0. The van der Waals surface area contributed by atoms with Crippen LogP contribution in [0.25, 0.3) is 17.0 Å². The maximum absolute atomic E-state index is 14.4. The van der Waals surface area contributed by atoms with Gasteiger partial charge in [0.2, 0.25) is 11.7 Å². The number of aromatic nitrogens is 6. The van der Waals surface area contributed by atoms with E-state index in [1.807, 2.05) is 17.9 Å². The number of anilines is 2. The van der Waals surface area contributed by atoms with Crippen molar-refractivity contribution in [2.75, 3.05) is 49.6 Å². The number of halogens is 4. The molecular weight excluding hydrogens is 707 g/mol. The Morgan fingerprint density at radius 2 is 1.90 bits per heavy atom. The molecule has 1 fully saturated rings. The quantitative estimate of drug-likeness (QED) is 0.268. The van der Waals surface area contributed by atoms with Crippen molar-refractivity contribution in [3.05, 3.63) is 87.0 Å². The number of benzene rings is 1. The molecule has 8 rings (SSSR count). The van der Waals surface area contributed by atoms with Crippen molar-refractivity contribution < 1.29 is 32.6 Å². The van der Waals surface area contributed by atoms with Gasteiger partial charge in [-0.3, -0.25) is 23.4 Å². The average molecular weight is 738 g/mol. The molecular formula is C34H31ClF3N9O5. The summed E-state index contributed by atoms with van der Waals surface area (Å²) in [5.74, 6) is -0.993. The Balaban J connectivity index is 1.16. The van der Waals surface area contributed by atoms with Crippen LogP contribution in [0.5, 0.6) is 5.75 Å². The first-order valence-electron chi connectivity index (χ1n) is 16.6. The van der Waals surface area contributed by atoms with Crippen LogP contribution in [0.4, 0.5) is 24.5 Å². The molecule has 2 amide bonds. The Hall–Kier alpha value is -5.42. The van der Waals surface area contributed by atoms with Crippen LogP contribution in [0.2, 0.25) is 5.02 Å². The van der Waals surface area contributed by atoms with Gasteiger partial charge in [-0.2, -0.15) is 22.7 Å². The summed E-state index contributed by atoms with van der Waals surface area (Å²) in [4.78, 5) is 54.4. The summed E-state index contributed by atoms with van der Waals surface area (Å²) < 4.78 is 49.7. The van der Waals surface area contributed by atoms with Crippen LogP contribution < -0.4 is 15.8 Å². The third-order valence-corrected chi connectivity index (χ3v) is 10.1. The first-order chi connectivity index (χ1) is 24.9. The molecule has 0 saturated carbocycles. The van der Waals surface area contributed by atoms with Gasteiger partial charge >= 0.3 is 6.18 Å². The van der Waals surface area contributed by atoms with Gasteiger partial charge in [-0.1, -0.05) is 24.6 Å². The molecule has 4 aromatic heterocycles. The fraction of sp³-hybridized carbons (Fsp3) is 0.353. The molecule has 0 unspecified atom stereocenters. The minimum atomic E-state index is -4.61. The molecule has 18 heteroatoms. The van der Waals surface area contributed by atoms with E-state index in [1.54, 1.807) is 21.7 Å². The molecule has 5 aromatic rings. The van der Waals surface area contributed by atoms with Gasteiger partial charge in [-0.15, -0.1) is 5.10 Å². The molecule has 1 saturated heterocycles. The predicted molar refractivity (Wildman–Crippen MR) is 183 cm³/mol. The van der Waals surface area contributed by atoms with E-state index in [9.17, 15) is 32.7 Å². The van der Waals surface area contributed by atoms with E-state index in [0.717, 1.165) is 23.8 Å². The number of fused-ring (bicyclic) bond motifs is 4. The Morgan fingerprint density at radius 3 is 2.62 bits per heavy atom. The SMILES string of the molecule is C[C@@H]1C[C@H](C(=O)Nc2ccc(C(F)(F)F)cc2Cl)n2c1c(N1CCN(C(=O)c3c(O)ccc4nccn34)CC1)c(=O)n1nc(C3=CCOCC3)nc21. The number of aromatic hydroxyl groups is 1. The standard InChI is InChI=1S/C34H31ClF3N9O5/c1-18-16-23(30(49)40-22-3-2-20(17-21(22)35)34(36,37)38)46-26(18)28(32(51)47-33(46)41-29(42-47)19-6-14-52-15-7-19)43-10-12-44(13-11-43)31(50)27-24(48)4-5-25-39-8-9-45(25)27/h2-6,8-9,17-18,23,48H,7,10-16H2,1H3,(H,40,49)/t18-,23-/m1/s1. The number of nitrogens with zero attached hydrogens (tertiary/aromatic N) is 8. The third kappa shape index (κ3) is 5.63. The number of rotatable bonds is 5. The van der Waals surface area contributed by atoms with Crippen LogP contribution >= 0.6 is 11.6 Å². The molecule has 2 N–H and O–H groups in total. The second-order valence-corrected chi connectivity index (χ2v) is 13.4. The van der Waals surface area contributed by atoms with Gasteiger partial charge in [-0.25, -0.2) is 4.98 Å². The lowest BCUT2D eigenvalue weighted by Crippen LogP contribution is -2.51. The summed E-state index contributed by atoms with van der Waals surface area (Å²) in [6.45, 7) is 3.66. The number of pyridine rings is 1. The topological polar surface area (TPSA) is 152 Å². The zero-order valence-corrected chi connectivity index (χ0v) is 28.4. The van der Waals surface area contributed by atoms with Gasteiger partial charge in [0, 0.05) is 44.5 Å². The summed E-state index contributed by atoms with van der Waals surface area (Å²) >= 11 is 6.19. The molecule has 1 aromatic carbocycles.